The topological polar surface area (TPSA) is 28.7 Å². The van der Waals surface area contributed by atoms with E-state index in [0.29, 0.717) is 0 Å². The van der Waals surface area contributed by atoms with E-state index in [4.69, 9.17) is 0 Å². The zero-order valence-electron chi connectivity index (χ0n) is 9.22. The predicted molar refractivity (Wildman–Crippen MR) is 68.7 cm³/mol. The van der Waals surface area contributed by atoms with E-state index in [1.807, 2.05) is 49.4 Å². The van der Waals surface area contributed by atoms with Crippen LogP contribution in [0.5, 0.6) is 0 Å². The first-order valence-corrected chi connectivity index (χ1v) is 5.30. The molecular formula is C14H14N2. The van der Waals surface area contributed by atoms with Crippen molar-refractivity contribution in [1.82, 2.24) is 10.2 Å². The number of nitrogens with zero attached hydrogens (tertiary/aromatic N) is 1. The number of hydrogen-bond acceptors (Lipinski definition) is 1. The molecule has 0 aliphatic carbocycles. The molecule has 1 aromatic carbocycles. The highest BCUT2D eigenvalue weighted by atomic mass is 15.1. The highest BCUT2D eigenvalue weighted by molar-refractivity contribution is 5.68. The highest BCUT2D eigenvalue weighted by Gasteiger charge is 1.93. The molecule has 2 heteroatoms. The van der Waals surface area contributed by atoms with Gasteiger partial charge in [0.2, 0.25) is 0 Å². The van der Waals surface area contributed by atoms with E-state index in [2.05, 4.69) is 28.4 Å². The van der Waals surface area contributed by atoms with Crippen molar-refractivity contribution in [2.45, 2.75) is 6.92 Å². The molecule has 2 nitrogen and oxygen atoms in total. The Morgan fingerprint density at radius 3 is 2.62 bits per heavy atom. The number of benzene rings is 1. The Bertz CT molecular complexity index is 492. The molecule has 0 aliphatic heterocycles. The van der Waals surface area contributed by atoms with Gasteiger partial charge in [0.25, 0.3) is 0 Å². The Balaban J connectivity index is 2.12. The summed E-state index contributed by atoms with van der Waals surface area (Å²) >= 11 is 0. The third kappa shape index (κ3) is 2.70. The number of allylic oxidation sites excluding steroid dienone is 1. The second kappa shape index (κ2) is 5.12. The van der Waals surface area contributed by atoms with Crippen LogP contribution in [0.3, 0.4) is 0 Å². The summed E-state index contributed by atoms with van der Waals surface area (Å²) in [6, 6.07) is 12.2. The van der Waals surface area contributed by atoms with E-state index in [1.54, 1.807) is 0 Å². The minimum absolute atomic E-state index is 0.942. The molecule has 80 valence electrons. The van der Waals surface area contributed by atoms with Crippen molar-refractivity contribution < 1.29 is 0 Å². The van der Waals surface area contributed by atoms with Crippen LogP contribution in [0.15, 0.2) is 42.5 Å². The maximum Gasteiger partial charge on any atom is 0.0854 e. The predicted octanol–water partition coefficient (Wildman–Crippen LogP) is 3.61. The van der Waals surface area contributed by atoms with Gasteiger partial charge in [-0.05, 0) is 30.7 Å². The third-order valence-electron chi connectivity index (χ3n) is 2.21. The molecule has 1 N–H and O–H groups in total. The zero-order chi connectivity index (χ0) is 11.2. The lowest BCUT2D eigenvalue weighted by Crippen LogP contribution is -1.72. The number of nitrogens with one attached hydrogen (secondary N) is 1. The first kappa shape index (κ1) is 10.4. The highest BCUT2D eigenvalue weighted by Crippen LogP contribution is 2.07. The Kier molecular flexibility index (Phi) is 3.34. The van der Waals surface area contributed by atoms with E-state index in [1.165, 1.54) is 5.56 Å². The second-order valence-electron chi connectivity index (χ2n) is 3.49. The molecule has 1 aromatic heterocycles. The van der Waals surface area contributed by atoms with E-state index >= 15 is 0 Å². The lowest BCUT2D eigenvalue weighted by molar-refractivity contribution is 1.07. The van der Waals surface area contributed by atoms with Gasteiger partial charge in [0.1, 0.15) is 0 Å². The fourth-order valence-electron chi connectivity index (χ4n) is 1.45. The minimum atomic E-state index is 0.942. The SMILES string of the molecule is C/C=C/c1cc(/C=C/c2ccccc2)n[nH]1. The number of H-pyrrole nitrogens is 1. The van der Waals surface area contributed by atoms with Crippen molar-refractivity contribution in [2.75, 3.05) is 0 Å². The van der Waals surface area contributed by atoms with Crippen molar-refractivity contribution in [3.8, 4) is 0 Å². The molecule has 2 rings (SSSR count). The molecule has 0 radical (unpaired) electrons. The quantitative estimate of drug-likeness (QED) is 0.823. The van der Waals surface area contributed by atoms with Crippen LogP contribution < -0.4 is 0 Å². The van der Waals surface area contributed by atoms with Crippen LogP contribution in [0, 0.1) is 0 Å². The van der Waals surface area contributed by atoms with E-state index < -0.39 is 0 Å². The number of hydrogen-bond donors (Lipinski definition) is 1. The van der Waals surface area contributed by atoms with Gasteiger partial charge in [-0.1, -0.05) is 42.5 Å². The summed E-state index contributed by atoms with van der Waals surface area (Å²) in [5.74, 6) is 0. The molecule has 0 atom stereocenters. The lowest BCUT2D eigenvalue weighted by Gasteiger charge is -1.89. The number of rotatable bonds is 3. The van der Waals surface area contributed by atoms with E-state index in [0.717, 1.165) is 11.4 Å². The summed E-state index contributed by atoms with van der Waals surface area (Å²) in [5, 5.41) is 7.14. The smallest absolute Gasteiger partial charge is 0.0854 e. The fraction of sp³-hybridized carbons (Fsp3) is 0.0714. The Hall–Kier alpha value is -2.09. The molecule has 16 heavy (non-hydrogen) atoms. The minimum Gasteiger partial charge on any atom is -0.278 e. The van der Waals surface area contributed by atoms with Crippen LogP contribution in [-0.2, 0) is 0 Å². The maximum absolute atomic E-state index is 4.19. The van der Waals surface area contributed by atoms with E-state index in [9.17, 15) is 0 Å². The summed E-state index contributed by atoms with van der Waals surface area (Å²) in [6.07, 6.45) is 8.03. The Labute approximate surface area is 95.3 Å². The van der Waals surface area contributed by atoms with Gasteiger partial charge >= 0.3 is 0 Å². The van der Waals surface area contributed by atoms with Crippen LogP contribution in [0.2, 0.25) is 0 Å². The first-order valence-electron chi connectivity index (χ1n) is 5.30. The average molecular weight is 210 g/mol. The molecule has 0 spiro atoms. The molecule has 1 heterocycles. The summed E-state index contributed by atoms with van der Waals surface area (Å²) in [7, 11) is 0. The molecule has 0 amide bonds. The van der Waals surface area contributed by atoms with Gasteiger partial charge in [-0.15, -0.1) is 0 Å². The normalized spacial score (nSPS) is 11.6. The summed E-state index contributed by atoms with van der Waals surface area (Å²) < 4.78 is 0. The van der Waals surface area contributed by atoms with Gasteiger partial charge in [0.15, 0.2) is 0 Å². The third-order valence-corrected chi connectivity index (χ3v) is 2.21. The van der Waals surface area contributed by atoms with Gasteiger partial charge < -0.3 is 0 Å². The Morgan fingerprint density at radius 2 is 1.88 bits per heavy atom. The molecule has 2 aromatic rings. The maximum atomic E-state index is 4.19. The first-order chi connectivity index (χ1) is 7.88. The standard InChI is InChI=1S/C14H14N2/c1-2-6-13-11-14(16-15-13)10-9-12-7-4-3-5-8-12/h2-11H,1H3,(H,15,16)/b6-2+,10-9+. The summed E-state index contributed by atoms with van der Waals surface area (Å²) in [4.78, 5) is 0. The molecule has 0 saturated carbocycles. The second-order valence-corrected chi connectivity index (χ2v) is 3.49. The van der Waals surface area contributed by atoms with Crippen molar-refractivity contribution in [3.63, 3.8) is 0 Å². The fourth-order valence-corrected chi connectivity index (χ4v) is 1.45. The van der Waals surface area contributed by atoms with Crippen LogP contribution >= 0.6 is 0 Å². The van der Waals surface area contributed by atoms with Crippen molar-refractivity contribution in [1.29, 1.82) is 0 Å². The molecule has 0 saturated heterocycles. The molecule has 0 fully saturated rings. The summed E-state index contributed by atoms with van der Waals surface area (Å²) in [6.45, 7) is 1.99. The largest absolute Gasteiger partial charge is 0.278 e. The van der Waals surface area contributed by atoms with Crippen LogP contribution in [0.25, 0.3) is 18.2 Å². The molecule has 0 unspecified atom stereocenters. The molecule has 0 bridgehead atoms. The molecular weight excluding hydrogens is 196 g/mol. The monoisotopic (exact) mass is 210 g/mol. The lowest BCUT2D eigenvalue weighted by atomic mass is 10.2. The van der Waals surface area contributed by atoms with Gasteiger partial charge in [0, 0.05) is 0 Å². The van der Waals surface area contributed by atoms with Gasteiger partial charge in [0.05, 0.1) is 11.4 Å². The van der Waals surface area contributed by atoms with E-state index in [-0.39, 0.29) is 0 Å². The zero-order valence-corrected chi connectivity index (χ0v) is 9.22. The van der Waals surface area contributed by atoms with Crippen LogP contribution in [0.1, 0.15) is 23.9 Å². The van der Waals surface area contributed by atoms with Crippen molar-refractivity contribution in [2.24, 2.45) is 0 Å². The van der Waals surface area contributed by atoms with Gasteiger partial charge in [-0.2, -0.15) is 5.10 Å². The number of aromatic amines is 1. The van der Waals surface area contributed by atoms with Crippen LogP contribution in [0.4, 0.5) is 0 Å². The summed E-state index contributed by atoms with van der Waals surface area (Å²) in [5.41, 5.74) is 3.14. The van der Waals surface area contributed by atoms with Crippen LogP contribution in [-0.4, -0.2) is 10.2 Å². The average Bonchev–Trinajstić information content (AvgIpc) is 2.76. The van der Waals surface area contributed by atoms with Crippen molar-refractivity contribution in [3.05, 3.63) is 59.4 Å². The number of aromatic nitrogens is 2. The van der Waals surface area contributed by atoms with Gasteiger partial charge in [-0.25, -0.2) is 0 Å². The Morgan fingerprint density at radius 1 is 1.06 bits per heavy atom. The van der Waals surface area contributed by atoms with Crippen molar-refractivity contribution >= 4 is 18.2 Å². The van der Waals surface area contributed by atoms with Gasteiger partial charge in [-0.3, -0.25) is 5.10 Å². The molecule has 0 aliphatic rings.